The number of hydrogen-bond donors (Lipinski definition) is 0. The van der Waals surface area contributed by atoms with Gasteiger partial charge in [-0.05, 0) is 55.3 Å². The Balaban J connectivity index is 1.14. The molecule has 9 rings (SSSR count). The quantitative estimate of drug-likeness (QED) is 0.175. The maximum atomic E-state index is 5.15. The van der Waals surface area contributed by atoms with E-state index in [1.165, 1.54) is 5.56 Å². The molecule has 0 saturated heterocycles. The minimum absolute atomic E-state index is 0.665. The third kappa shape index (κ3) is 5.35. The molecular formula is C45H31N5. The Bertz CT molecular complexity index is 2710. The molecule has 0 aliphatic rings. The maximum absolute atomic E-state index is 5.15. The zero-order valence-electron chi connectivity index (χ0n) is 27.7. The lowest BCUT2D eigenvalue weighted by Gasteiger charge is -2.12. The lowest BCUT2D eigenvalue weighted by atomic mass is 9.98. The number of nitrogens with zero attached hydrogens (tertiary/aromatic N) is 5. The van der Waals surface area contributed by atoms with Gasteiger partial charge in [-0.15, -0.1) is 0 Å². The van der Waals surface area contributed by atoms with Gasteiger partial charge < -0.3 is 0 Å². The summed E-state index contributed by atoms with van der Waals surface area (Å²) in [5, 5.41) is 3.33. The van der Waals surface area contributed by atoms with Gasteiger partial charge in [-0.25, -0.2) is 15.0 Å². The first-order valence-corrected chi connectivity index (χ1v) is 16.7. The van der Waals surface area contributed by atoms with Gasteiger partial charge in [-0.2, -0.15) is 0 Å². The van der Waals surface area contributed by atoms with E-state index in [1.54, 1.807) is 0 Å². The standard InChI is InChI=1S/C45H31N5/c1-28-25-39(48-44-37(28)23-22-33-17-16-29(2)47-43(33)44)31-18-20-34(21-19-31)45-49-40(30-9-4-3-5-10-30)27-41(50-45)36-13-6-12-35(26-36)38-15-7-11-32-14-8-24-46-42(32)38/h3-27H,1-2H3. The van der Waals surface area contributed by atoms with Crippen molar-refractivity contribution in [1.82, 2.24) is 24.9 Å². The number of aryl methyl sites for hydroxylation is 2. The highest BCUT2D eigenvalue weighted by molar-refractivity contribution is 6.04. The van der Waals surface area contributed by atoms with Gasteiger partial charge in [0.2, 0.25) is 0 Å². The first-order chi connectivity index (χ1) is 24.6. The van der Waals surface area contributed by atoms with Crippen LogP contribution >= 0.6 is 0 Å². The summed E-state index contributed by atoms with van der Waals surface area (Å²) < 4.78 is 0. The van der Waals surface area contributed by atoms with Crippen molar-refractivity contribution in [2.75, 3.05) is 0 Å². The Morgan fingerprint density at radius 1 is 0.400 bits per heavy atom. The van der Waals surface area contributed by atoms with Gasteiger partial charge in [-0.3, -0.25) is 9.97 Å². The average Bonchev–Trinajstić information content (AvgIpc) is 3.18. The van der Waals surface area contributed by atoms with E-state index in [4.69, 9.17) is 24.9 Å². The third-order valence-corrected chi connectivity index (χ3v) is 9.32. The minimum Gasteiger partial charge on any atom is -0.256 e. The van der Waals surface area contributed by atoms with Crippen molar-refractivity contribution in [2.24, 2.45) is 0 Å². The van der Waals surface area contributed by atoms with Crippen LogP contribution in [-0.4, -0.2) is 24.9 Å². The molecule has 50 heavy (non-hydrogen) atoms. The fraction of sp³-hybridized carbons (Fsp3) is 0.0444. The molecule has 0 saturated carbocycles. The summed E-state index contributed by atoms with van der Waals surface area (Å²) >= 11 is 0. The van der Waals surface area contributed by atoms with Crippen molar-refractivity contribution in [3.63, 3.8) is 0 Å². The van der Waals surface area contributed by atoms with Crippen LogP contribution in [0.4, 0.5) is 0 Å². The Labute approximate surface area is 290 Å². The maximum Gasteiger partial charge on any atom is 0.160 e. The van der Waals surface area contributed by atoms with E-state index < -0.39 is 0 Å². The van der Waals surface area contributed by atoms with Crippen LogP contribution in [0.15, 0.2) is 152 Å². The van der Waals surface area contributed by atoms with E-state index in [0.717, 1.165) is 88.9 Å². The molecule has 0 atom stereocenters. The summed E-state index contributed by atoms with van der Waals surface area (Å²) in [6.07, 6.45) is 1.85. The van der Waals surface area contributed by atoms with Gasteiger partial charge in [-0.1, -0.05) is 115 Å². The molecule has 0 radical (unpaired) electrons. The molecule has 5 heteroatoms. The first kappa shape index (κ1) is 29.5. The van der Waals surface area contributed by atoms with Gasteiger partial charge in [0.25, 0.3) is 0 Å². The molecule has 5 aromatic carbocycles. The fourth-order valence-corrected chi connectivity index (χ4v) is 6.74. The Morgan fingerprint density at radius 3 is 1.92 bits per heavy atom. The SMILES string of the molecule is Cc1ccc2ccc3c(C)cc(-c4ccc(-c5nc(-c6ccccc6)cc(-c6cccc(-c7cccc8cccnc78)c6)n5)cc4)nc3c2n1. The van der Waals surface area contributed by atoms with Gasteiger partial charge in [0, 0.05) is 55.9 Å². The zero-order valence-corrected chi connectivity index (χ0v) is 27.7. The van der Waals surface area contributed by atoms with Crippen molar-refractivity contribution < 1.29 is 0 Å². The molecule has 0 aliphatic carbocycles. The number of aromatic nitrogens is 5. The number of benzene rings is 5. The van der Waals surface area contributed by atoms with E-state index >= 15 is 0 Å². The molecule has 0 unspecified atom stereocenters. The molecule has 5 nitrogen and oxygen atoms in total. The molecule has 0 N–H and O–H groups in total. The van der Waals surface area contributed by atoms with E-state index in [1.807, 2.05) is 43.5 Å². The van der Waals surface area contributed by atoms with Gasteiger partial charge in [0.1, 0.15) is 0 Å². The average molecular weight is 642 g/mol. The summed E-state index contributed by atoms with van der Waals surface area (Å²) in [7, 11) is 0. The van der Waals surface area contributed by atoms with Crippen molar-refractivity contribution in [2.45, 2.75) is 13.8 Å². The third-order valence-electron chi connectivity index (χ3n) is 9.32. The predicted octanol–water partition coefficient (Wildman–Crippen LogP) is 11.1. The smallest absolute Gasteiger partial charge is 0.160 e. The molecule has 236 valence electrons. The van der Waals surface area contributed by atoms with Gasteiger partial charge in [0.15, 0.2) is 5.82 Å². The second kappa shape index (κ2) is 12.1. The number of rotatable bonds is 5. The lowest BCUT2D eigenvalue weighted by Crippen LogP contribution is -1.96. The van der Waals surface area contributed by atoms with Crippen molar-refractivity contribution >= 4 is 32.7 Å². The zero-order chi connectivity index (χ0) is 33.6. The second-order valence-electron chi connectivity index (χ2n) is 12.7. The molecule has 4 aromatic heterocycles. The van der Waals surface area contributed by atoms with Crippen LogP contribution < -0.4 is 0 Å². The number of fused-ring (bicyclic) bond motifs is 4. The largest absolute Gasteiger partial charge is 0.256 e. The molecule has 0 aliphatic heterocycles. The van der Waals surface area contributed by atoms with E-state index in [0.29, 0.717) is 5.82 Å². The van der Waals surface area contributed by atoms with Crippen LogP contribution in [0.25, 0.3) is 89.0 Å². The van der Waals surface area contributed by atoms with Crippen LogP contribution in [-0.2, 0) is 0 Å². The van der Waals surface area contributed by atoms with Crippen molar-refractivity contribution in [3.05, 3.63) is 163 Å². The number of hydrogen-bond acceptors (Lipinski definition) is 5. The van der Waals surface area contributed by atoms with Gasteiger partial charge in [0.05, 0.1) is 33.6 Å². The molecule has 0 amide bonds. The second-order valence-corrected chi connectivity index (χ2v) is 12.7. The topological polar surface area (TPSA) is 64.5 Å². The van der Waals surface area contributed by atoms with Crippen LogP contribution in [0.1, 0.15) is 11.3 Å². The Morgan fingerprint density at radius 2 is 1.06 bits per heavy atom. The molecule has 0 bridgehead atoms. The number of pyridine rings is 3. The highest BCUT2D eigenvalue weighted by Gasteiger charge is 2.14. The highest BCUT2D eigenvalue weighted by Crippen LogP contribution is 2.34. The summed E-state index contributed by atoms with van der Waals surface area (Å²) in [6.45, 7) is 4.16. The van der Waals surface area contributed by atoms with Crippen LogP contribution in [0.3, 0.4) is 0 Å². The van der Waals surface area contributed by atoms with Crippen LogP contribution in [0, 0.1) is 13.8 Å². The summed E-state index contributed by atoms with van der Waals surface area (Å²) in [5.41, 5.74) is 13.8. The Kier molecular flexibility index (Phi) is 7.17. The Hall–Kier alpha value is -6.59. The van der Waals surface area contributed by atoms with Crippen molar-refractivity contribution in [3.8, 4) is 56.3 Å². The lowest BCUT2D eigenvalue weighted by molar-refractivity contribution is 1.18. The van der Waals surface area contributed by atoms with E-state index in [9.17, 15) is 0 Å². The predicted molar refractivity (Wildman–Crippen MR) is 205 cm³/mol. The molecule has 0 spiro atoms. The minimum atomic E-state index is 0.665. The molecule has 0 fully saturated rings. The monoisotopic (exact) mass is 641 g/mol. The highest BCUT2D eigenvalue weighted by atomic mass is 14.9. The van der Waals surface area contributed by atoms with E-state index in [-0.39, 0.29) is 0 Å². The molecule has 9 aromatic rings. The van der Waals surface area contributed by atoms with Crippen molar-refractivity contribution in [1.29, 1.82) is 0 Å². The van der Waals surface area contributed by atoms with Crippen LogP contribution in [0.5, 0.6) is 0 Å². The molecular weight excluding hydrogens is 611 g/mol. The number of para-hydroxylation sites is 1. The summed E-state index contributed by atoms with van der Waals surface area (Å²) in [5.74, 6) is 0.665. The van der Waals surface area contributed by atoms with E-state index in [2.05, 4.69) is 122 Å². The van der Waals surface area contributed by atoms with Crippen LogP contribution in [0.2, 0.25) is 0 Å². The fourth-order valence-electron chi connectivity index (χ4n) is 6.74. The normalized spacial score (nSPS) is 11.4. The van der Waals surface area contributed by atoms with Gasteiger partial charge >= 0.3 is 0 Å². The molecule has 4 heterocycles. The first-order valence-electron chi connectivity index (χ1n) is 16.7. The summed E-state index contributed by atoms with van der Waals surface area (Å²) in [4.78, 5) is 24.9. The summed E-state index contributed by atoms with van der Waals surface area (Å²) in [6, 6.07) is 50.3.